The molecule has 0 spiro atoms. The van der Waals surface area contributed by atoms with Gasteiger partial charge in [-0.15, -0.1) is 0 Å². The van der Waals surface area contributed by atoms with Crippen molar-refractivity contribution in [1.82, 2.24) is 14.9 Å². The van der Waals surface area contributed by atoms with Gasteiger partial charge >= 0.3 is 6.09 Å². The minimum absolute atomic E-state index is 0.227. The van der Waals surface area contributed by atoms with E-state index in [4.69, 9.17) is 9.15 Å². The van der Waals surface area contributed by atoms with Crippen LogP contribution in [0.25, 0.3) is 11.3 Å². The average molecular weight is 316 g/mol. The first-order valence-electron chi connectivity index (χ1n) is 7.79. The Hall–Kier alpha value is -2.57. The molecule has 1 aliphatic rings. The SMILES string of the molecule is CCOC(=O)N1CCC(Nc2cc(-c3ccoc3)ncn2)CC1. The number of carbonyl (C=O) groups excluding carboxylic acids is 1. The Morgan fingerprint density at radius 2 is 2.26 bits per heavy atom. The summed E-state index contributed by atoms with van der Waals surface area (Å²) in [4.78, 5) is 22.0. The number of furan rings is 1. The van der Waals surface area contributed by atoms with Crippen LogP contribution in [0.15, 0.2) is 35.4 Å². The van der Waals surface area contributed by atoms with Crippen LogP contribution >= 0.6 is 0 Å². The van der Waals surface area contributed by atoms with Crippen LogP contribution in [0.2, 0.25) is 0 Å². The molecule has 7 nitrogen and oxygen atoms in total. The molecule has 1 amide bonds. The Morgan fingerprint density at radius 3 is 2.96 bits per heavy atom. The lowest BCUT2D eigenvalue weighted by molar-refractivity contribution is 0.0983. The monoisotopic (exact) mass is 316 g/mol. The third kappa shape index (κ3) is 3.80. The summed E-state index contributed by atoms with van der Waals surface area (Å²) in [7, 11) is 0. The fourth-order valence-corrected chi connectivity index (χ4v) is 2.63. The number of nitrogens with zero attached hydrogens (tertiary/aromatic N) is 3. The average Bonchev–Trinajstić information content (AvgIpc) is 3.11. The predicted octanol–water partition coefficient (Wildman–Crippen LogP) is 2.77. The molecule has 0 aromatic carbocycles. The van der Waals surface area contributed by atoms with E-state index < -0.39 is 0 Å². The van der Waals surface area contributed by atoms with Crippen LogP contribution in [0.3, 0.4) is 0 Å². The van der Waals surface area contributed by atoms with E-state index in [9.17, 15) is 4.79 Å². The second-order valence-electron chi connectivity index (χ2n) is 5.41. The van der Waals surface area contributed by atoms with Crippen molar-refractivity contribution in [3.05, 3.63) is 31.0 Å². The van der Waals surface area contributed by atoms with Crippen molar-refractivity contribution in [3.8, 4) is 11.3 Å². The van der Waals surface area contributed by atoms with Crippen molar-refractivity contribution in [3.63, 3.8) is 0 Å². The highest BCUT2D eigenvalue weighted by Crippen LogP contribution is 2.21. The zero-order chi connectivity index (χ0) is 16.1. The number of likely N-dealkylation sites (tertiary alicyclic amines) is 1. The quantitative estimate of drug-likeness (QED) is 0.934. The largest absolute Gasteiger partial charge is 0.472 e. The van der Waals surface area contributed by atoms with Gasteiger partial charge in [0.05, 0.1) is 24.8 Å². The second-order valence-corrected chi connectivity index (χ2v) is 5.41. The number of aromatic nitrogens is 2. The number of anilines is 1. The molecule has 1 fully saturated rings. The van der Waals surface area contributed by atoms with Gasteiger partial charge in [0, 0.05) is 30.8 Å². The van der Waals surface area contributed by atoms with Gasteiger partial charge in [0.2, 0.25) is 0 Å². The minimum Gasteiger partial charge on any atom is -0.472 e. The molecule has 0 unspecified atom stereocenters. The van der Waals surface area contributed by atoms with Crippen LogP contribution in [0.1, 0.15) is 19.8 Å². The summed E-state index contributed by atoms with van der Waals surface area (Å²) in [6.45, 7) is 3.61. The molecule has 2 aromatic heterocycles. The summed E-state index contributed by atoms with van der Waals surface area (Å²) in [5.41, 5.74) is 1.74. The molecule has 23 heavy (non-hydrogen) atoms. The van der Waals surface area contributed by atoms with Crippen LogP contribution in [0.5, 0.6) is 0 Å². The molecular weight excluding hydrogens is 296 g/mol. The van der Waals surface area contributed by atoms with Crippen LogP contribution in [-0.2, 0) is 4.74 Å². The van der Waals surface area contributed by atoms with E-state index in [0.717, 1.165) is 29.9 Å². The van der Waals surface area contributed by atoms with Gasteiger partial charge in [0.15, 0.2) is 0 Å². The summed E-state index contributed by atoms with van der Waals surface area (Å²) < 4.78 is 10.1. The van der Waals surface area contributed by atoms with Gasteiger partial charge in [0.25, 0.3) is 0 Å². The number of hydrogen-bond acceptors (Lipinski definition) is 6. The smallest absolute Gasteiger partial charge is 0.409 e. The number of amides is 1. The Balaban J connectivity index is 1.57. The van der Waals surface area contributed by atoms with Crippen molar-refractivity contribution in [2.24, 2.45) is 0 Å². The highest BCUT2D eigenvalue weighted by Gasteiger charge is 2.23. The normalized spacial score (nSPS) is 15.4. The highest BCUT2D eigenvalue weighted by atomic mass is 16.6. The minimum atomic E-state index is -0.227. The van der Waals surface area contributed by atoms with E-state index in [1.807, 2.05) is 19.1 Å². The predicted molar refractivity (Wildman–Crippen MR) is 85.0 cm³/mol. The Bertz CT molecular complexity index is 637. The van der Waals surface area contributed by atoms with Crippen molar-refractivity contribution in [1.29, 1.82) is 0 Å². The fraction of sp³-hybridized carbons (Fsp3) is 0.438. The van der Waals surface area contributed by atoms with E-state index in [-0.39, 0.29) is 12.1 Å². The second kappa shape index (κ2) is 7.13. The zero-order valence-corrected chi connectivity index (χ0v) is 13.1. The highest BCUT2D eigenvalue weighted by molar-refractivity contribution is 5.67. The molecule has 0 saturated carbocycles. The van der Waals surface area contributed by atoms with E-state index in [1.165, 1.54) is 0 Å². The van der Waals surface area contributed by atoms with Gasteiger partial charge in [-0.1, -0.05) is 0 Å². The maximum absolute atomic E-state index is 11.7. The van der Waals surface area contributed by atoms with Crippen LogP contribution in [0.4, 0.5) is 10.6 Å². The fourth-order valence-electron chi connectivity index (χ4n) is 2.63. The van der Waals surface area contributed by atoms with Crippen molar-refractivity contribution < 1.29 is 13.9 Å². The number of nitrogens with one attached hydrogen (secondary N) is 1. The Labute approximate surface area is 134 Å². The van der Waals surface area contributed by atoms with Crippen LogP contribution < -0.4 is 5.32 Å². The molecule has 0 aliphatic carbocycles. The van der Waals surface area contributed by atoms with Gasteiger partial charge in [-0.2, -0.15) is 0 Å². The molecule has 0 bridgehead atoms. The molecule has 3 rings (SSSR count). The van der Waals surface area contributed by atoms with E-state index in [0.29, 0.717) is 19.7 Å². The summed E-state index contributed by atoms with van der Waals surface area (Å²) >= 11 is 0. The van der Waals surface area contributed by atoms with Gasteiger partial charge in [-0.05, 0) is 25.8 Å². The molecular formula is C16H20N4O3. The summed E-state index contributed by atoms with van der Waals surface area (Å²) in [5, 5.41) is 3.41. The maximum Gasteiger partial charge on any atom is 0.409 e. The molecule has 0 atom stereocenters. The van der Waals surface area contributed by atoms with Crippen molar-refractivity contribution in [2.45, 2.75) is 25.8 Å². The van der Waals surface area contributed by atoms with E-state index >= 15 is 0 Å². The summed E-state index contributed by atoms with van der Waals surface area (Å²) in [6, 6.07) is 4.06. The molecule has 7 heteroatoms. The first-order valence-corrected chi connectivity index (χ1v) is 7.79. The van der Waals surface area contributed by atoms with E-state index in [1.54, 1.807) is 23.8 Å². The number of piperidine rings is 1. The van der Waals surface area contributed by atoms with Gasteiger partial charge in [0.1, 0.15) is 12.1 Å². The number of rotatable bonds is 4. The number of hydrogen-bond donors (Lipinski definition) is 1. The molecule has 1 aliphatic heterocycles. The zero-order valence-electron chi connectivity index (χ0n) is 13.1. The standard InChI is InChI=1S/C16H20N4O3/c1-2-23-16(21)20-6-3-13(4-7-20)19-15-9-14(17-11-18-15)12-5-8-22-10-12/h5,8-11,13H,2-4,6-7H2,1H3,(H,17,18,19). The maximum atomic E-state index is 11.7. The third-order valence-corrected chi connectivity index (χ3v) is 3.86. The van der Waals surface area contributed by atoms with E-state index in [2.05, 4.69) is 15.3 Å². The van der Waals surface area contributed by atoms with Gasteiger partial charge in [-0.25, -0.2) is 14.8 Å². The van der Waals surface area contributed by atoms with Gasteiger partial charge in [-0.3, -0.25) is 0 Å². The Kier molecular flexibility index (Phi) is 4.75. The lowest BCUT2D eigenvalue weighted by Gasteiger charge is -2.31. The summed E-state index contributed by atoms with van der Waals surface area (Å²) in [6.07, 6.45) is 6.32. The first-order chi connectivity index (χ1) is 11.3. The number of carbonyl (C=O) groups is 1. The first kappa shape index (κ1) is 15.3. The third-order valence-electron chi connectivity index (χ3n) is 3.86. The molecule has 3 heterocycles. The van der Waals surface area contributed by atoms with Gasteiger partial charge < -0.3 is 19.4 Å². The van der Waals surface area contributed by atoms with Crippen molar-refractivity contribution >= 4 is 11.9 Å². The lowest BCUT2D eigenvalue weighted by Crippen LogP contribution is -2.42. The van der Waals surface area contributed by atoms with Crippen LogP contribution in [0, 0.1) is 0 Å². The Morgan fingerprint density at radius 1 is 1.43 bits per heavy atom. The molecule has 1 saturated heterocycles. The lowest BCUT2D eigenvalue weighted by atomic mass is 10.1. The molecule has 1 N–H and O–H groups in total. The molecule has 0 radical (unpaired) electrons. The van der Waals surface area contributed by atoms with Crippen molar-refractivity contribution in [2.75, 3.05) is 25.0 Å². The molecule has 2 aromatic rings. The molecule has 122 valence electrons. The number of ether oxygens (including phenoxy) is 1. The summed E-state index contributed by atoms with van der Waals surface area (Å²) in [5.74, 6) is 0.783. The van der Waals surface area contributed by atoms with Crippen LogP contribution in [-0.4, -0.2) is 46.7 Å². The topological polar surface area (TPSA) is 80.5 Å².